The zero-order valence-corrected chi connectivity index (χ0v) is 16.3. The van der Waals surface area contributed by atoms with Crippen molar-refractivity contribution in [3.63, 3.8) is 0 Å². The van der Waals surface area contributed by atoms with Crippen molar-refractivity contribution < 1.29 is 14.3 Å². The SMILES string of the molecule is COC(=O)CCCN(C)C(=O)c1c(C)nn(Cc2ccccc2Cl)c1C. The number of hydrogen-bond acceptors (Lipinski definition) is 4. The van der Waals surface area contributed by atoms with E-state index in [1.165, 1.54) is 7.11 Å². The minimum atomic E-state index is -0.272. The Morgan fingerprint density at radius 3 is 2.62 bits per heavy atom. The molecule has 0 saturated carbocycles. The summed E-state index contributed by atoms with van der Waals surface area (Å²) in [5.41, 5.74) is 3.02. The van der Waals surface area contributed by atoms with Crippen LogP contribution in [-0.4, -0.2) is 47.3 Å². The standard InChI is InChI=1S/C19H24ClN3O3/c1-13-18(19(25)22(3)11-7-10-17(24)26-4)14(2)23(21-13)12-15-8-5-6-9-16(15)20/h5-6,8-9H,7,10-12H2,1-4H3. The molecule has 140 valence electrons. The molecule has 0 unspecified atom stereocenters. The molecular weight excluding hydrogens is 354 g/mol. The molecule has 0 bridgehead atoms. The molecule has 0 atom stereocenters. The highest BCUT2D eigenvalue weighted by Crippen LogP contribution is 2.20. The van der Waals surface area contributed by atoms with Gasteiger partial charge in [0.2, 0.25) is 0 Å². The van der Waals surface area contributed by atoms with Crippen LogP contribution in [0.4, 0.5) is 0 Å². The van der Waals surface area contributed by atoms with E-state index in [1.807, 2.05) is 38.1 Å². The Hall–Kier alpha value is -2.34. The summed E-state index contributed by atoms with van der Waals surface area (Å²) in [4.78, 5) is 25.6. The lowest BCUT2D eigenvalue weighted by Crippen LogP contribution is -2.29. The minimum absolute atomic E-state index is 0.102. The van der Waals surface area contributed by atoms with Gasteiger partial charge in [-0.3, -0.25) is 14.3 Å². The van der Waals surface area contributed by atoms with Gasteiger partial charge < -0.3 is 9.64 Å². The quantitative estimate of drug-likeness (QED) is 0.695. The van der Waals surface area contributed by atoms with Gasteiger partial charge in [0, 0.05) is 30.7 Å². The zero-order chi connectivity index (χ0) is 19.3. The smallest absolute Gasteiger partial charge is 0.305 e. The summed E-state index contributed by atoms with van der Waals surface area (Å²) in [6.45, 7) is 4.69. The third kappa shape index (κ3) is 4.64. The van der Waals surface area contributed by atoms with E-state index < -0.39 is 0 Å². The van der Waals surface area contributed by atoms with Crippen molar-refractivity contribution in [2.45, 2.75) is 33.2 Å². The summed E-state index contributed by atoms with van der Waals surface area (Å²) in [7, 11) is 3.08. The average Bonchev–Trinajstić information content (AvgIpc) is 2.89. The van der Waals surface area contributed by atoms with Crippen molar-refractivity contribution in [2.75, 3.05) is 20.7 Å². The number of halogens is 1. The Morgan fingerprint density at radius 2 is 1.96 bits per heavy atom. The van der Waals surface area contributed by atoms with Gasteiger partial charge in [0.25, 0.3) is 5.91 Å². The molecule has 0 saturated heterocycles. The first-order chi connectivity index (χ1) is 12.3. The number of rotatable bonds is 7. The molecule has 1 aromatic carbocycles. The van der Waals surface area contributed by atoms with E-state index in [0.29, 0.717) is 35.8 Å². The molecule has 0 aliphatic heterocycles. The molecular formula is C19H24ClN3O3. The van der Waals surface area contributed by atoms with E-state index in [-0.39, 0.29) is 18.3 Å². The number of benzene rings is 1. The van der Waals surface area contributed by atoms with Crippen LogP contribution < -0.4 is 0 Å². The minimum Gasteiger partial charge on any atom is -0.469 e. The third-order valence-electron chi connectivity index (χ3n) is 4.32. The lowest BCUT2D eigenvalue weighted by Gasteiger charge is -2.17. The zero-order valence-electron chi connectivity index (χ0n) is 15.6. The van der Waals surface area contributed by atoms with Crippen LogP contribution in [0.2, 0.25) is 5.02 Å². The van der Waals surface area contributed by atoms with Crippen LogP contribution in [0.5, 0.6) is 0 Å². The second-order valence-electron chi connectivity index (χ2n) is 6.20. The van der Waals surface area contributed by atoms with Gasteiger partial charge >= 0.3 is 5.97 Å². The van der Waals surface area contributed by atoms with Crippen LogP contribution in [0.15, 0.2) is 24.3 Å². The second-order valence-corrected chi connectivity index (χ2v) is 6.61. The molecule has 1 amide bonds. The van der Waals surface area contributed by atoms with Crippen molar-refractivity contribution in [1.29, 1.82) is 0 Å². The highest BCUT2D eigenvalue weighted by molar-refractivity contribution is 6.31. The molecule has 1 heterocycles. The number of ether oxygens (including phenoxy) is 1. The Balaban J connectivity index is 2.12. The Labute approximate surface area is 158 Å². The van der Waals surface area contributed by atoms with Crippen molar-refractivity contribution in [3.8, 4) is 0 Å². The number of carbonyl (C=O) groups is 2. The van der Waals surface area contributed by atoms with E-state index in [0.717, 1.165) is 11.3 Å². The highest BCUT2D eigenvalue weighted by Gasteiger charge is 2.22. The first-order valence-corrected chi connectivity index (χ1v) is 8.82. The predicted molar refractivity (Wildman–Crippen MR) is 100 cm³/mol. The molecule has 7 heteroatoms. The Kier molecular flexibility index (Phi) is 6.80. The van der Waals surface area contributed by atoms with Gasteiger partial charge in [0.15, 0.2) is 0 Å². The fourth-order valence-corrected chi connectivity index (χ4v) is 3.00. The molecule has 0 N–H and O–H groups in total. The molecule has 26 heavy (non-hydrogen) atoms. The van der Waals surface area contributed by atoms with Crippen molar-refractivity contribution in [1.82, 2.24) is 14.7 Å². The highest BCUT2D eigenvalue weighted by atomic mass is 35.5. The van der Waals surface area contributed by atoms with E-state index in [4.69, 9.17) is 11.6 Å². The van der Waals surface area contributed by atoms with Crippen molar-refractivity contribution >= 4 is 23.5 Å². The summed E-state index contributed by atoms with van der Waals surface area (Å²) in [5.74, 6) is -0.374. The van der Waals surface area contributed by atoms with E-state index in [9.17, 15) is 9.59 Å². The lowest BCUT2D eigenvalue weighted by atomic mass is 10.1. The van der Waals surface area contributed by atoms with Crippen LogP contribution in [0, 0.1) is 13.8 Å². The fraction of sp³-hybridized carbons (Fsp3) is 0.421. The van der Waals surface area contributed by atoms with Gasteiger partial charge in [0.05, 0.1) is 24.9 Å². The van der Waals surface area contributed by atoms with Crippen LogP contribution in [0.1, 0.15) is 40.2 Å². The number of methoxy groups -OCH3 is 1. The summed E-state index contributed by atoms with van der Waals surface area (Å²) < 4.78 is 6.42. The van der Waals surface area contributed by atoms with Crippen molar-refractivity contribution in [3.05, 3.63) is 51.8 Å². The molecule has 0 radical (unpaired) electrons. The molecule has 2 aromatic rings. The third-order valence-corrected chi connectivity index (χ3v) is 4.69. The maximum absolute atomic E-state index is 12.8. The van der Waals surface area contributed by atoms with Crippen LogP contribution >= 0.6 is 11.6 Å². The van der Waals surface area contributed by atoms with Gasteiger partial charge in [-0.2, -0.15) is 5.10 Å². The summed E-state index contributed by atoms with van der Waals surface area (Å²) in [6.07, 6.45) is 0.846. The molecule has 6 nitrogen and oxygen atoms in total. The molecule has 0 aliphatic rings. The summed E-state index contributed by atoms with van der Waals surface area (Å²) in [6, 6.07) is 7.59. The van der Waals surface area contributed by atoms with Gasteiger partial charge in [-0.25, -0.2) is 0 Å². The van der Waals surface area contributed by atoms with Gasteiger partial charge in [0.1, 0.15) is 0 Å². The van der Waals surface area contributed by atoms with E-state index >= 15 is 0 Å². The first kappa shape index (κ1) is 20.0. The fourth-order valence-electron chi connectivity index (χ4n) is 2.80. The number of carbonyl (C=O) groups excluding carboxylic acids is 2. The number of hydrogen-bond donors (Lipinski definition) is 0. The maximum Gasteiger partial charge on any atom is 0.305 e. The molecule has 0 spiro atoms. The van der Waals surface area contributed by atoms with E-state index in [2.05, 4.69) is 9.84 Å². The number of nitrogens with zero attached hydrogens (tertiary/aromatic N) is 3. The van der Waals surface area contributed by atoms with Crippen molar-refractivity contribution in [2.24, 2.45) is 0 Å². The summed E-state index contributed by atoms with van der Waals surface area (Å²) >= 11 is 6.23. The number of esters is 1. The topological polar surface area (TPSA) is 64.4 Å². The normalized spacial score (nSPS) is 10.7. The number of aromatic nitrogens is 2. The maximum atomic E-state index is 12.8. The second kappa shape index (κ2) is 8.85. The number of amides is 1. The Bertz CT molecular complexity index is 801. The summed E-state index contributed by atoms with van der Waals surface area (Å²) in [5, 5.41) is 5.18. The first-order valence-electron chi connectivity index (χ1n) is 8.44. The van der Waals surface area contributed by atoms with Crippen LogP contribution in [0.3, 0.4) is 0 Å². The van der Waals surface area contributed by atoms with Gasteiger partial charge in [-0.05, 0) is 31.9 Å². The number of aryl methyl sites for hydroxylation is 1. The van der Waals surface area contributed by atoms with Gasteiger partial charge in [-0.15, -0.1) is 0 Å². The van der Waals surface area contributed by atoms with E-state index in [1.54, 1.807) is 16.6 Å². The predicted octanol–water partition coefficient (Wildman–Crippen LogP) is 3.23. The molecule has 0 aliphatic carbocycles. The van der Waals surface area contributed by atoms with Crippen LogP contribution in [-0.2, 0) is 16.1 Å². The van der Waals surface area contributed by atoms with Crippen LogP contribution in [0.25, 0.3) is 0 Å². The molecule has 0 fully saturated rings. The monoisotopic (exact) mass is 377 g/mol. The largest absolute Gasteiger partial charge is 0.469 e. The molecule has 2 rings (SSSR count). The van der Waals surface area contributed by atoms with Gasteiger partial charge in [-0.1, -0.05) is 29.8 Å². The average molecular weight is 378 g/mol. The lowest BCUT2D eigenvalue weighted by molar-refractivity contribution is -0.140. The Morgan fingerprint density at radius 1 is 1.27 bits per heavy atom. The molecule has 1 aromatic heterocycles.